The number of thiophene rings is 1. The molecule has 0 aliphatic carbocycles. The standard InChI is InChI=1S/C19H15Cl2N5O3S/c20-13-4-1-3-12(17(13)21)11-26-15(6-8-22-26)23-16(27)7-9-25-19(28)29-18(24-25)14-5-2-10-30-14/h1-6,8,10H,7,9,11H2,(H,23,27). The fourth-order valence-electron chi connectivity index (χ4n) is 2.76. The van der Waals surface area contributed by atoms with Gasteiger partial charge in [-0.2, -0.15) is 9.78 Å². The summed E-state index contributed by atoms with van der Waals surface area (Å²) < 4.78 is 7.88. The summed E-state index contributed by atoms with van der Waals surface area (Å²) >= 11 is 13.7. The molecule has 3 aromatic heterocycles. The number of carbonyl (C=O) groups is 1. The monoisotopic (exact) mass is 463 g/mol. The predicted octanol–water partition coefficient (Wildman–Crippen LogP) is 4.15. The molecular formula is C19H15Cl2N5O3S. The summed E-state index contributed by atoms with van der Waals surface area (Å²) in [5.41, 5.74) is 0.777. The topological polar surface area (TPSA) is 94.9 Å². The van der Waals surface area contributed by atoms with Gasteiger partial charge in [0.15, 0.2) is 0 Å². The molecule has 0 radical (unpaired) electrons. The summed E-state index contributed by atoms with van der Waals surface area (Å²) in [6.07, 6.45) is 1.61. The highest BCUT2D eigenvalue weighted by atomic mass is 35.5. The number of hydrogen-bond acceptors (Lipinski definition) is 6. The molecule has 0 saturated carbocycles. The lowest BCUT2D eigenvalue weighted by Crippen LogP contribution is -2.22. The molecule has 1 amide bonds. The molecule has 30 heavy (non-hydrogen) atoms. The fourth-order valence-corrected chi connectivity index (χ4v) is 3.78. The highest BCUT2D eigenvalue weighted by molar-refractivity contribution is 7.13. The van der Waals surface area contributed by atoms with Crippen LogP contribution in [0.25, 0.3) is 10.8 Å². The molecular weight excluding hydrogens is 449 g/mol. The normalized spacial score (nSPS) is 11.0. The van der Waals surface area contributed by atoms with E-state index in [2.05, 4.69) is 15.5 Å². The summed E-state index contributed by atoms with van der Waals surface area (Å²) in [6, 6.07) is 10.7. The Morgan fingerprint density at radius 2 is 2.03 bits per heavy atom. The molecule has 4 aromatic rings. The largest absolute Gasteiger partial charge is 0.437 e. The van der Waals surface area contributed by atoms with Crippen LogP contribution in [0, 0.1) is 0 Å². The number of aromatic nitrogens is 4. The van der Waals surface area contributed by atoms with Gasteiger partial charge in [0.05, 0.1) is 34.2 Å². The third kappa shape index (κ3) is 4.48. The van der Waals surface area contributed by atoms with Gasteiger partial charge in [-0.1, -0.05) is 41.4 Å². The van der Waals surface area contributed by atoms with E-state index in [0.29, 0.717) is 22.4 Å². The number of rotatable bonds is 7. The molecule has 154 valence electrons. The maximum atomic E-state index is 12.4. The lowest BCUT2D eigenvalue weighted by atomic mass is 10.2. The fraction of sp³-hybridized carbons (Fsp3) is 0.158. The zero-order valence-corrected chi connectivity index (χ0v) is 17.7. The molecule has 1 N–H and O–H groups in total. The molecule has 0 unspecified atom stereocenters. The second-order valence-electron chi connectivity index (χ2n) is 6.26. The van der Waals surface area contributed by atoms with E-state index in [9.17, 15) is 9.59 Å². The molecule has 1 aromatic carbocycles. The SMILES string of the molecule is O=C(CCn1nc(-c2cccs2)oc1=O)Nc1ccnn1Cc1cccc(Cl)c1Cl. The molecule has 11 heteroatoms. The van der Waals surface area contributed by atoms with Crippen molar-refractivity contribution in [2.45, 2.75) is 19.5 Å². The summed E-state index contributed by atoms with van der Waals surface area (Å²) in [7, 11) is 0. The number of anilines is 1. The lowest BCUT2D eigenvalue weighted by Gasteiger charge is -2.10. The average molecular weight is 464 g/mol. The zero-order chi connectivity index (χ0) is 21.1. The van der Waals surface area contributed by atoms with E-state index in [1.54, 1.807) is 35.1 Å². The smallest absolute Gasteiger partial charge is 0.387 e. The minimum absolute atomic E-state index is 0.0411. The number of nitrogens with one attached hydrogen (secondary N) is 1. The van der Waals surface area contributed by atoms with E-state index in [4.69, 9.17) is 27.6 Å². The van der Waals surface area contributed by atoms with Gasteiger partial charge in [-0.15, -0.1) is 16.4 Å². The number of halogens is 2. The third-order valence-electron chi connectivity index (χ3n) is 4.22. The molecule has 0 spiro atoms. The summed E-state index contributed by atoms with van der Waals surface area (Å²) in [6.45, 7) is 0.433. The van der Waals surface area contributed by atoms with Crippen LogP contribution in [0.3, 0.4) is 0 Å². The predicted molar refractivity (Wildman–Crippen MR) is 115 cm³/mol. The van der Waals surface area contributed by atoms with Crippen molar-refractivity contribution in [2.75, 3.05) is 5.32 Å². The first-order valence-electron chi connectivity index (χ1n) is 8.87. The number of carbonyl (C=O) groups excluding carboxylic acids is 1. The first kappa shape index (κ1) is 20.4. The summed E-state index contributed by atoms with van der Waals surface area (Å²) in [5, 5.41) is 13.9. The average Bonchev–Trinajstić information content (AvgIpc) is 3.46. The number of benzene rings is 1. The van der Waals surface area contributed by atoms with Crippen molar-refractivity contribution in [3.63, 3.8) is 0 Å². The number of hydrogen-bond donors (Lipinski definition) is 1. The summed E-state index contributed by atoms with van der Waals surface area (Å²) in [5.74, 6) is -0.150. The Morgan fingerprint density at radius 1 is 1.17 bits per heavy atom. The van der Waals surface area contributed by atoms with Crippen LogP contribution in [-0.4, -0.2) is 25.5 Å². The van der Waals surface area contributed by atoms with Crippen LogP contribution in [-0.2, 0) is 17.9 Å². The van der Waals surface area contributed by atoms with Gasteiger partial charge in [-0.25, -0.2) is 9.48 Å². The Morgan fingerprint density at radius 3 is 2.83 bits per heavy atom. The minimum atomic E-state index is -0.605. The zero-order valence-electron chi connectivity index (χ0n) is 15.4. The van der Waals surface area contributed by atoms with Crippen molar-refractivity contribution in [1.29, 1.82) is 0 Å². The van der Waals surface area contributed by atoms with E-state index in [0.717, 1.165) is 15.1 Å². The van der Waals surface area contributed by atoms with Gasteiger partial charge < -0.3 is 9.73 Å². The van der Waals surface area contributed by atoms with Gasteiger partial charge in [0.25, 0.3) is 5.89 Å². The van der Waals surface area contributed by atoms with Gasteiger partial charge in [-0.3, -0.25) is 4.79 Å². The second-order valence-corrected chi connectivity index (χ2v) is 7.99. The van der Waals surface area contributed by atoms with Gasteiger partial charge in [0, 0.05) is 12.5 Å². The number of amides is 1. The van der Waals surface area contributed by atoms with Crippen LogP contribution in [0.1, 0.15) is 12.0 Å². The van der Waals surface area contributed by atoms with Crippen LogP contribution >= 0.6 is 34.5 Å². The van der Waals surface area contributed by atoms with E-state index in [1.165, 1.54) is 11.3 Å². The Kier molecular flexibility index (Phi) is 6.03. The molecule has 3 heterocycles. The van der Waals surface area contributed by atoms with E-state index in [-0.39, 0.29) is 24.8 Å². The minimum Gasteiger partial charge on any atom is -0.387 e. The molecule has 4 rings (SSSR count). The maximum Gasteiger partial charge on any atom is 0.437 e. The van der Waals surface area contributed by atoms with Crippen molar-refractivity contribution < 1.29 is 9.21 Å². The van der Waals surface area contributed by atoms with Crippen LogP contribution in [0.5, 0.6) is 0 Å². The molecule has 0 bridgehead atoms. The Hall–Kier alpha value is -2.88. The molecule has 8 nitrogen and oxygen atoms in total. The highest BCUT2D eigenvalue weighted by Gasteiger charge is 2.14. The van der Waals surface area contributed by atoms with Crippen LogP contribution in [0.2, 0.25) is 10.0 Å². The van der Waals surface area contributed by atoms with Crippen molar-refractivity contribution in [3.05, 3.63) is 74.1 Å². The van der Waals surface area contributed by atoms with Crippen LogP contribution in [0.15, 0.2) is 57.2 Å². The van der Waals surface area contributed by atoms with E-state index >= 15 is 0 Å². The first-order chi connectivity index (χ1) is 14.5. The van der Waals surface area contributed by atoms with Crippen molar-refractivity contribution >= 4 is 46.3 Å². The van der Waals surface area contributed by atoms with Crippen molar-refractivity contribution in [3.8, 4) is 10.8 Å². The molecule has 0 aliphatic rings. The van der Waals surface area contributed by atoms with E-state index < -0.39 is 5.76 Å². The number of nitrogens with zero attached hydrogens (tertiary/aromatic N) is 4. The van der Waals surface area contributed by atoms with Gasteiger partial charge in [0.1, 0.15) is 5.82 Å². The Labute approximate surface area is 184 Å². The third-order valence-corrected chi connectivity index (χ3v) is 5.94. The molecule has 0 fully saturated rings. The highest BCUT2D eigenvalue weighted by Crippen LogP contribution is 2.26. The van der Waals surface area contributed by atoms with E-state index in [1.807, 2.05) is 17.5 Å². The quantitative estimate of drug-likeness (QED) is 0.444. The first-order valence-corrected chi connectivity index (χ1v) is 10.5. The molecule has 0 atom stereocenters. The van der Waals surface area contributed by atoms with Crippen molar-refractivity contribution in [2.24, 2.45) is 0 Å². The Bertz CT molecular complexity index is 1230. The van der Waals surface area contributed by atoms with Gasteiger partial charge in [0.2, 0.25) is 5.91 Å². The second kappa shape index (κ2) is 8.86. The maximum absolute atomic E-state index is 12.4. The molecule has 0 aliphatic heterocycles. The van der Waals surface area contributed by atoms with Crippen LogP contribution < -0.4 is 11.1 Å². The summed E-state index contributed by atoms with van der Waals surface area (Å²) in [4.78, 5) is 25.1. The van der Waals surface area contributed by atoms with Crippen molar-refractivity contribution in [1.82, 2.24) is 19.6 Å². The Balaban J connectivity index is 1.39. The van der Waals surface area contributed by atoms with Gasteiger partial charge in [-0.05, 0) is 23.1 Å². The lowest BCUT2D eigenvalue weighted by molar-refractivity contribution is -0.116. The van der Waals surface area contributed by atoms with Crippen LogP contribution in [0.4, 0.5) is 5.82 Å². The number of aryl methyl sites for hydroxylation is 1. The molecule has 0 saturated heterocycles. The van der Waals surface area contributed by atoms with Gasteiger partial charge >= 0.3 is 5.76 Å².